The molecule has 3 N–H and O–H groups in total. The van der Waals surface area contributed by atoms with Crippen LogP contribution in [-0.2, 0) is 0 Å². The van der Waals surface area contributed by atoms with Crippen LogP contribution in [0.5, 0.6) is 0 Å². The normalized spacial score (nSPS) is 10.0. The van der Waals surface area contributed by atoms with E-state index < -0.39 is 0 Å². The van der Waals surface area contributed by atoms with Gasteiger partial charge in [-0.1, -0.05) is 32.6 Å². The first-order valence-electron chi connectivity index (χ1n) is 5.36. The highest BCUT2D eigenvalue weighted by Gasteiger charge is 1.91. The summed E-state index contributed by atoms with van der Waals surface area (Å²) < 4.78 is 2.78. The molecule has 0 aromatic heterocycles. The van der Waals surface area contributed by atoms with Crippen molar-refractivity contribution in [3.8, 4) is 0 Å². The van der Waals surface area contributed by atoms with E-state index in [-0.39, 0.29) is 0 Å². The van der Waals surface area contributed by atoms with Gasteiger partial charge in [0.15, 0.2) is 0 Å². The molecular formula is C11H19N3S. The second-order valence-corrected chi connectivity index (χ2v) is 3.67. The predicted molar refractivity (Wildman–Crippen MR) is 70.2 cm³/mol. The van der Waals surface area contributed by atoms with Crippen LogP contribution in [0.3, 0.4) is 0 Å². The summed E-state index contributed by atoms with van der Waals surface area (Å²) in [6.07, 6.45) is 3.74. The maximum Gasteiger partial charge on any atom is 0.0489 e. The first-order chi connectivity index (χ1) is 7.36. The van der Waals surface area contributed by atoms with E-state index in [1.165, 1.54) is 19.3 Å². The second-order valence-electron chi connectivity index (χ2n) is 3.45. The highest BCUT2D eigenvalue weighted by atomic mass is 32.1. The highest BCUT2D eigenvalue weighted by molar-refractivity contribution is 7.81. The van der Waals surface area contributed by atoms with Gasteiger partial charge in [-0.05, 0) is 30.7 Å². The smallest absolute Gasteiger partial charge is 0.0489 e. The van der Waals surface area contributed by atoms with Crippen LogP contribution >= 0.6 is 12.8 Å². The summed E-state index contributed by atoms with van der Waals surface area (Å²) in [6.45, 7) is 3.21. The van der Waals surface area contributed by atoms with Crippen molar-refractivity contribution >= 4 is 24.2 Å². The molecule has 1 rings (SSSR count). The number of hydrogen-bond donors (Lipinski definition) is 4. The Bertz CT molecular complexity index is 261. The van der Waals surface area contributed by atoms with Crippen LogP contribution in [0.4, 0.5) is 11.4 Å². The first kappa shape index (κ1) is 12.2. The number of unbranched alkanes of at least 4 members (excludes halogenated alkanes) is 2. The number of anilines is 2. The van der Waals surface area contributed by atoms with Gasteiger partial charge in [-0.2, -0.15) is 0 Å². The van der Waals surface area contributed by atoms with Gasteiger partial charge in [0, 0.05) is 17.9 Å². The molecule has 1 aromatic rings. The third kappa shape index (κ3) is 4.95. The number of hydrogen-bond acceptors (Lipinski definition) is 4. The monoisotopic (exact) mass is 225 g/mol. The third-order valence-electron chi connectivity index (χ3n) is 2.15. The molecule has 4 heteroatoms. The van der Waals surface area contributed by atoms with E-state index in [0.29, 0.717) is 0 Å². The van der Waals surface area contributed by atoms with Crippen LogP contribution in [0.25, 0.3) is 0 Å². The van der Waals surface area contributed by atoms with Crippen molar-refractivity contribution in [1.29, 1.82) is 0 Å². The van der Waals surface area contributed by atoms with E-state index in [1.54, 1.807) is 0 Å². The fourth-order valence-electron chi connectivity index (χ4n) is 1.26. The van der Waals surface area contributed by atoms with Gasteiger partial charge in [-0.15, -0.1) is 0 Å². The molecule has 0 atom stereocenters. The van der Waals surface area contributed by atoms with Crippen LogP contribution in [0.2, 0.25) is 0 Å². The molecule has 0 aliphatic carbocycles. The molecule has 0 heterocycles. The van der Waals surface area contributed by atoms with Gasteiger partial charge in [0.2, 0.25) is 0 Å². The summed E-state index contributed by atoms with van der Waals surface area (Å²) in [5.74, 6) is 0. The maximum absolute atomic E-state index is 3.97. The molecule has 15 heavy (non-hydrogen) atoms. The molecule has 0 saturated heterocycles. The lowest BCUT2D eigenvalue weighted by Crippen LogP contribution is -2.22. The summed E-state index contributed by atoms with van der Waals surface area (Å²) in [5.41, 5.74) is 8.40. The largest absolute Gasteiger partial charge is 0.332 e. The van der Waals surface area contributed by atoms with Crippen molar-refractivity contribution in [3.63, 3.8) is 0 Å². The maximum atomic E-state index is 3.97. The molecular weight excluding hydrogens is 206 g/mol. The zero-order valence-corrected chi connectivity index (χ0v) is 9.98. The fourth-order valence-corrected chi connectivity index (χ4v) is 1.41. The van der Waals surface area contributed by atoms with Crippen LogP contribution in [0.15, 0.2) is 24.3 Å². The Balaban J connectivity index is 2.20. The Morgan fingerprint density at radius 3 is 2.33 bits per heavy atom. The molecule has 0 amide bonds. The van der Waals surface area contributed by atoms with Crippen molar-refractivity contribution < 1.29 is 0 Å². The van der Waals surface area contributed by atoms with Gasteiger partial charge < -0.3 is 10.1 Å². The molecule has 0 aliphatic rings. The Kier molecular flexibility index (Phi) is 6.04. The lowest BCUT2D eigenvalue weighted by molar-refractivity contribution is 0.662. The van der Waals surface area contributed by atoms with E-state index in [2.05, 4.69) is 35.3 Å². The van der Waals surface area contributed by atoms with Crippen LogP contribution in [0, 0.1) is 0 Å². The molecule has 0 bridgehead atoms. The SMILES string of the molecule is CCCCCNNc1ccc(NS)cc1. The molecule has 0 spiro atoms. The summed E-state index contributed by atoms with van der Waals surface area (Å²) in [5, 5.41) is 0. The average molecular weight is 225 g/mol. The topological polar surface area (TPSA) is 36.1 Å². The van der Waals surface area contributed by atoms with Gasteiger partial charge >= 0.3 is 0 Å². The molecule has 0 aliphatic heterocycles. The number of hydrazine groups is 1. The van der Waals surface area contributed by atoms with Gasteiger partial charge in [0.25, 0.3) is 0 Å². The van der Waals surface area contributed by atoms with Crippen molar-refractivity contribution in [2.24, 2.45) is 0 Å². The Morgan fingerprint density at radius 1 is 1.07 bits per heavy atom. The van der Waals surface area contributed by atoms with Crippen LogP contribution < -0.4 is 15.6 Å². The molecule has 3 nitrogen and oxygen atoms in total. The van der Waals surface area contributed by atoms with Gasteiger partial charge in [0.05, 0.1) is 0 Å². The van der Waals surface area contributed by atoms with E-state index in [9.17, 15) is 0 Å². The Morgan fingerprint density at radius 2 is 1.73 bits per heavy atom. The van der Waals surface area contributed by atoms with Crippen molar-refractivity contribution in [3.05, 3.63) is 24.3 Å². The third-order valence-corrected chi connectivity index (χ3v) is 2.41. The van der Waals surface area contributed by atoms with Crippen molar-refractivity contribution in [2.45, 2.75) is 26.2 Å². The summed E-state index contributed by atoms with van der Waals surface area (Å²) in [6, 6.07) is 7.96. The van der Waals surface area contributed by atoms with E-state index in [1.807, 2.05) is 24.3 Å². The standard InChI is InChI=1S/C11H19N3S/c1-2-3-4-9-12-13-10-5-7-11(14-15)8-6-10/h5-8,12-15H,2-4,9H2,1H3. The highest BCUT2D eigenvalue weighted by Crippen LogP contribution is 2.12. The first-order valence-corrected chi connectivity index (χ1v) is 5.80. The zero-order valence-electron chi connectivity index (χ0n) is 9.09. The number of benzene rings is 1. The number of rotatable bonds is 7. The predicted octanol–water partition coefficient (Wildman–Crippen LogP) is 3.05. The Labute approximate surface area is 97.2 Å². The van der Waals surface area contributed by atoms with Crippen molar-refractivity contribution in [1.82, 2.24) is 5.43 Å². The summed E-state index contributed by atoms with van der Waals surface area (Å²) in [7, 11) is 0. The molecule has 1 aromatic carbocycles. The zero-order chi connectivity index (χ0) is 10.9. The lowest BCUT2D eigenvalue weighted by Gasteiger charge is -2.08. The minimum absolute atomic E-state index is 0.995. The summed E-state index contributed by atoms with van der Waals surface area (Å²) >= 11 is 3.97. The van der Waals surface area contributed by atoms with Gasteiger partial charge in [-0.25, -0.2) is 5.43 Å². The van der Waals surface area contributed by atoms with Crippen molar-refractivity contribution in [2.75, 3.05) is 16.7 Å². The van der Waals surface area contributed by atoms with E-state index in [4.69, 9.17) is 0 Å². The average Bonchev–Trinajstić information content (AvgIpc) is 2.30. The van der Waals surface area contributed by atoms with E-state index >= 15 is 0 Å². The van der Waals surface area contributed by atoms with Gasteiger partial charge in [0.1, 0.15) is 0 Å². The minimum Gasteiger partial charge on any atom is -0.332 e. The van der Waals surface area contributed by atoms with Crippen LogP contribution in [-0.4, -0.2) is 6.54 Å². The van der Waals surface area contributed by atoms with E-state index in [0.717, 1.165) is 17.9 Å². The van der Waals surface area contributed by atoms with Crippen LogP contribution in [0.1, 0.15) is 26.2 Å². The molecule has 0 unspecified atom stereocenters. The number of thiol groups is 1. The van der Waals surface area contributed by atoms with Gasteiger partial charge in [-0.3, -0.25) is 0 Å². The number of nitrogens with one attached hydrogen (secondary N) is 3. The fraction of sp³-hybridized carbons (Fsp3) is 0.455. The quantitative estimate of drug-likeness (QED) is 0.327. The summed E-state index contributed by atoms with van der Waals surface area (Å²) in [4.78, 5) is 0. The second kappa shape index (κ2) is 7.43. The Hall–Kier alpha value is -0.870. The molecule has 0 saturated carbocycles. The molecule has 0 fully saturated rings. The lowest BCUT2D eigenvalue weighted by atomic mass is 10.2. The minimum atomic E-state index is 0.995. The molecule has 0 radical (unpaired) electrons. The molecule has 84 valence electrons.